The van der Waals surface area contributed by atoms with E-state index in [0.717, 1.165) is 42.3 Å². The number of para-hydroxylation sites is 1. The minimum absolute atomic E-state index is 0.0834. The molecule has 1 aliphatic heterocycles. The predicted octanol–water partition coefficient (Wildman–Crippen LogP) is 4.99. The second-order valence-electron chi connectivity index (χ2n) is 9.71. The number of carbonyl (C=O) groups excluding carboxylic acids is 2. The number of hydrogen-bond acceptors (Lipinski definition) is 4. The maximum Gasteiger partial charge on any atom is 0.254 e. The highest BCUT2D eigenvalue weighted by atomic mass is 16.2. The molecule has 0 bridgehead atoms. The highest BCUT2D eigenvalue weighted by Crippen LogP contribution is 2.22. The Morgan fingerprint density at radius 3 is 2.05 bits per heavy atom. The van der Waals surface area contributed by atoms with Gasteiger partial charge in [0.1, 0.15) is 0 Å². The van der Waals surface area contributed by atoms with Crippen molar-refractivity contribution >= 4 is 11.7 Å². The van der Waals surface area contributed by atoms with E-state index in [1.165, 1.54) is 5.56 Å². The van der Waals surface area contributed by atoms with E-state index in [0.29, 0.717) is 29.8 Å². The highest BCUT2D eigenvalue weighted by molar-refractivity contribution is 6.15. The van der Waals surface area contributed by atoms with Crippen LogP contribution < -0.4 is 0 Å². The summed E-state index contributed by atoms with van der Waals surface area (Å²) in [4.78, 5) is 30.9. The summed E-state index contributed by atoms with van der Waals surface area (Å²) in [5, 5.41) is 4.78. The summed E-state index contributed by atoms with van der Waals surface area (Å²) in [6.07, 6.45) is 0. The fourth-order valence-corrected chi connectivity index (χ4v) is 4.96. The van der Waals surface area contributed by atoms with Crippen LogP contribution in [0.5, 0.6) is 0 Å². The average Bonchev–Trinajstić information content (AvgIpc) is 3.22. The SMILES string of the molecule is Cc1ccc(C(=O)c2ccccc2C(=O)N2CCN(Cc3c(C)nn(-c4ccccc4)c3C)CC2)cc1. The summed E-state index contributed by atoms with van der Waals surface area (Å²) in [6, 6.07) is 24.8. The number of ketones is 1. The van der Waals surface area contributed by atoms with Crippen LogP contribution in [-0.4, -0.2) is 57.4 Å². The highest BCUT2D eigenvalue weighted by Gasteiger charge is 2.27. The van der Waals surface area contributed by atoms with Crippen LogP contribution in [0, 0.1) is 20.8 Å². The Bertz CT molecular complexity index is 1420. The Kier molecular flexibility index (Phi) is 7.01. The number of hydrogen-bond donors (Lipinski definition) is 0. The summed E-state index contributed by atoms with van der Waals surface area (Å²) >= 11 is 0. The van der Waals surface area contributed by atoms with Crippen LogP contribution in [0.1, 0.15) is 48.8 Å². The van der Waals surface area contributed by atoms with E-state index in [1.54, 1.807) is 12.1 Å². The number of piperazine rings is 1. The molecule has 1 amide bonds. The zero-order chi connectivity index (χ0) is 25.9. The Labute approximate surface area is 218 Å². The number of carbonyl (C=O) groups is 2. The molecule has 0 radical (unpaired) electrons. The number of aryl methyl sites for hydroxylation is 2. The van der Waals surface area contributed by atoms with Gasteiger partial charge in [-0.3, -0.25) is 14.5 Å². The van der Waals surface area contributed by atoms with Crippen LogP contribution in [0.15, 0.2) is 78.9 Å². The van der Waals surface area contributed by atoms with Crippen molar-refractivity contribution in [2.45, 2.75) is 27.3 Å². The van der Waals surface area contributed by atoms with Crippen molar-refractivity contribution in [1.82, 2.24) is 19.6 Å². The van der Waals surface area contributed by atoms with Gasteiger partial charge in [0, 0.05) is 55.1 Å². The van der Waals surface area contributed by atoms with E-state index >= 15 is 0 Å². The lowest BCUT2D eigenvalue weighted by Gasteiger charge is -2.35. The van der Waals surface area contributed by atoms with E-state index in [1.807, 2.05) is 71.1 Å². The monoisotopic (exact) mass is 492 g/mol. The topological polar surface area (TPSA) is 58.4 Å². The molecule has 2 heterocycles. The Hall–Kier alpha value is -4.03. The first-order valence-corrected chi connectivity index (χ1v) is 12.7. The summed E-state index contributed by atoms with van der Waals surface area (Å²) in [6.45, 7) is 9.75. The molecule has 4 aromatic rings. The maximum atomic E-state index is 13.5. The third-order valence-corrected chi connectivity index (χ3v) is 7.20. The number of aromatic nitrogens is 2. The fraction of sp³-hybridized carbons (Fsp3) is 0.258. The first-order chi connectivity index (χ1) is 17.9. The standard InChI is InChI=1S/C31H32N4O2/c1-22-13-15-25(16-14-22)30(36)27-11-7-8-12-28(27)31(37)34-19-17-33(18-20-34)21-29-23(2)32-35(24(29)3)26-9-5-4-6-10-26/h4-16H,17-21H2,1-3H3. The molecule has 1 aliphatic rings. The van der Waals surface area contributed by atoms with Crippen LogP contribution in [0.4, 0.5) is 0 Å². The maximum absolute atomic E-state index is 13.5. The van der Waals surface area contributed by atoms with E-state index < -0.39 is 0 Å². The quantitative estimate of drug-likeness (QED) is 0.356. The van der Waals surface area contributed by atoms with E-state index in [9.17, 15) is 9.59 Å². The van der Waals surface area contributed by atoms with Gasteiger partial charge in [-0.05, 0) is 39.0 Å². The van der Waals surface area contributed by atoms with Gasteiger partial charge in [-0.15, -0.1) is 0 Å². The second kappa shape index (κ2) is 10.5. The van der Waals surface area contributed by atoms with Crippen LogP contribution in [0.25, 0.3) is 5.69 Å². The molecule has 1 saturated heterocycles. The molecular weight excluding hydrogens is 460 g/mol. The molecule has 6 heteroatoms. The molecule has 188 valence electrons. The minimum Gasteiger partial charge on any atom is -0.336 e. The summed E-state index contributed by atoms with van der Waals surface area (Å²) in [7, 11) is 0. The molecule has 3 aromatic carbocycles. The van der Waals surface area contributed by atoms with Crippen molar-refractivity contribution in [3.05, 3.63) is 118 Å². The molecule has 1 fully saturated rings. The average molecular weight is 493 g/mol. The molecule has 0 atom stereocenters. The summed E-state index contributed by atoms with van der Waals surface area (Å²) < 4.78 is 2.01. The first-order valence-electron chi connectivity index (χ1n) is 12.7. The van der Waals surface area contributed by atoms with Gasteiger partial charge in [0.05, 0.1) is 16.9 Å². The zero-order valence-electron chi connectivity index (χ0n) is 21.6. The van der Waals surface area contributed by atoms with Gasteiger partial charge in [-0.25, -0.2) is 4.68 Å². The molecule has 5 rings (SSSR count). The second-order valence-corrected chi connectivity index (χ2v) is 9.71. The smallest absolute Gasteiger partial charge is 0.254 e. The Morgan fingerprint density at radius 2 is 1.38 bits per heavy atom. The largest absolute Gasteiger partial charge is 0.336 e. The number of benzene rings is 3. The summed E-state index contributed by atoms with van der Waals surface area (Å²) in [5.41, 5.74) is 7.08. The van der Waals surface area contributed by atoms with Gasteiger partial charge in [0.25, 0.3) is 5.91 Å². The molecule has 0 aliphatic carbocycles. The number of nitrogens with zero attached hydrogens (tertiary/aromatic N) is 4. The number of rotatable bonds is 6. The third kappa shape index (κ3) is 5.11. The molecule has 0 unspecified atom stereocenters. The van der Waals surface area contributed by atoms with Gasteiger partial charge in [0.15, 0.2) is 5.78 Å². The van der Waals surface area contributed by atoms with Crippen molar-refractivity contribution in [3.63, 3.8) is 0 Å². The molecule has 1 aromatic heterocycles. The van der Waals surface area contributed by atoms with Crippen molar-refractivity contribution in [2.24, 2.45) is 0 Å². The third-order valence-electron chi connectivity index (χ3n) is 7.20. The molecule has 37 heavy (non-hydrogen) atoms. The summed E-state index contributed by atoms with van der Waals surface area (Å²) in [5.74, 6) is -0.205. The van der Waals surface area contributed by atoms with Gasteiger partial charge in [0.2, 0.25) is 0 Å². The van der Waals surface area contributed by atoms with Crippen molar-refractivity contribution in [1.29, 1.82) is 0 Å². The van der Waals surface area contributed by atoms with Gasteiger partial charge >= 0.3 is 0 Å². The van der Waals surface area contributed by atoms with Crippen LogP contribution in [0.2, 0.25) is 0 Å². The Balaban J connectivity index is 1.27. The van der Waals surface area contributed by atoms with Gasteiger partial charge in [-0.1, -0.05) is 66.2 Å². The van der Waals surface area contributed by atoms with Gasteiger partial charge in [-0.2, -0.15) is 5.10 Å². The van der Waals surface area contributed by atoms with Crippen LogP contribution in [0.3, 0.4) is 0 Å². The number of amides is 1. The lowest BCUT2D eigenvalue weighted by atomic mass is 9.97. The minimum atomic E-state index is -0.121. The molecule has 6 nitrogen and oxygen atoms in total. The van der Waals surface area contributed by atoms with Crippen LogP contribution in [-0.2, 0) is 6.54 Å². The lowest BCUT2D eigenvalue weighted by Crippen LogP contribution is -2.48. The van der Waals surface area contributed by atoms with Crippen molar-refractivity contribution in [3.8, 4) is 5.69 Å². The normalized spacial score (nSPS) is 14.1. The fourth-order valence-electron chi connectivity index (χ4n) is 4.96. The van der Waals surface area contributed by atoms with Crippen LogP contribution >= 0.6 is 0 Å². The molecule has 0 saturated carbocycles. The molecule has 0 N–H and O–H groups in total. The predicted molar refractivity (Wildman–Crippen MR) is 145 cm³/mol. The van der Waals surface area contributed by atoms with Crippen molar-refractivity contribution < 1.29 is 9.59 Å². The zero-order valence-corrected chi connectivity index (χ0v) is 21.6. The van der Waals surface area contributed by atoms with Gasteiger partial charge < -0.3 is 4.90 Å². The van der Waals surface area contributed by atoms with E-state index in [-0.39, 0.29) is 11.7 Å². The molecule has 0 spiro atoms. The molecular formula is C31H32N4O2. The lowest BCUT2D eigenvalue weighted by molar-refractivity contribution is 0.0625. The first kappa shape index (κ1) is 24.7. The Morgan fingerprint density at radius 1 is 0.757 bits per heavy atom. The van der Waals surface area contributed by atoms with E-state index in [4.69, 9.17) is 5.10 Å². The van der Waals surface area contributed by atoms with Crippen molar-refractivity contribution in [2.75, 3.05) is 26.2 Å². The van der Waals surface area contributed by atoms with E-state index in [2.05, 4.69) is 30.9 Å².